The number of hydrogen-bond acceptors (Lipinski definition) is 3. The summed E-state index contributed by atoms with van der Waals surface area (Å²) >= 11 is 0. The fourth-order valence-corrected chi connectivity index (χ4v) is 0.985. The second-order valence-corrected chi connectivity index (χ2v) is 3.20. The molecule has 0 bridgehead atoms. The first kappa shape index (κ1) is 13.6. The van der Waals surface area contributed by atoms with Gasteiger partial charge in [0, 0.05) is 11.8 Å². The van der Waals surface area contributed by atoms with E-state index in [9.17, 15) is 4.79 Å². The SMILES string of the molecule is C/C=C(\C=N/C(OC)=C(C)CC)C(C)=O. The highest BCUT2D eigenvalue weighted by atomic mass is 16.5. The van der Waals surface area contributed by atoms with Crippen molar-refractivity contribution in [3.8, 4) is 0 Å². The highest BCUT2D eigenvalue weighted by molar-refractivity contribution is 6.12. The van der Waals surface area contributed by atoms with E-state index in [-0.39, 0.29) is 5.78 Å². The van der Waals surface area contributed by atoms with Crippen molar-refractivity contribution in [2.24, 2.45) is 4.99 Å². The van der Waals surface area contributed by atoms with Crippen LogP contribution in [0.2, 0.25) is 0 Å². The lowest BCUT2D eigenvalue weighted by molar-refractivity contribution is -0.113. The van der Waals surface area contributed by atoms with Gasteiger partial charge in [0.2, 0.25) is 5.88 Å². The lowest BCUT2D eigenvalue weighted by atomic mass is 10.2. The van der Waals surface area contributed by atoms with Crippen molar-refractivity contribution < 1.29 is 9.53 Å². The lowest BCUT2D eigenvalue weighted by Gasteiger charge is -2.03. The van der Waals surface area contributed by atoms with Crippen LogP contribution >= 0.6 is 0 Å². The second kappa shape index (κ2) is 6.98. The van der Waals surface area contributed by atoms with Gasteiger partial charge in [-0.15, -0.1) is 0 Å². The van der Waals surface area contributed by atoms with Crippen molar-refractivity contribution in [1.29, 1.82) is 0 Å². The second-order valence-electron chi connectivity index (χ2n) is 3.20. The molecule has 0 saturated heterocycles. The Morgan fingerprint density at radius 3 is 2.33 bits per heavy atom. The minimum Gasteiger partial charge on any atom is -0.481 e. The molecule has 0 N–H and O–H groups in total. The summed E-state index contributed by atoms with van der Waals surface area (Å²) < 4.78 is 5.12. The third-order valence-corrected chi connectivity index (χ3v) is 2.13. The zero-order valence-electron chi connectivity index (χ0n) is 10.1. The number of hydrogen-bond donors (Lipinski definition) is 0. The van der Waals surface area contributed by atoms with E-state index in [4.69, 9.17) is 4.74 Å². The molecule has 15 heavy (non-hydrogen) atoms. The number of nitrogens with zero attached hydrogens (tertiary/aromatic N) is 1. The quantitative estimate of drug-likeness (QED) is 0.397. The number of Topliss-reactive ketones (excluding diaryl/α,β-unsaturated/α-hetero) is 1. The van der Waals surface area contributed by atoms with Crippen molar-refractivity contribution in [3.63, 3.8) is 0 Å². The summed E-state index contributed by atoms with van der Waals surface area (Å²) in [6.45, 7) is 7.32. The Labute approximate surface area is 91.5 Å². The fraction of sp³-hybridized carbons (Fsp3) is 0.500. The van der Waals surface area contributed by atoms with Crippen LogP contribution in [0, 0.1) is 0 Å². The molecule has 0 radical (unpaired) electrons. The smallest absolute Gasteiger partial charge is 0.211 e. The van der Waals surface area contributed by atoms with Crippen LogP contribution in [0.25, 0.3) is 0 Å². The standard InChI is InChI=1S/C12H19NO2/c1-6-9(3)12(15-5)13-8-11(7-2)10(4)14/h7-8H,6H2,1-5H3/b11-7+,12-9?,13-8-. The lowest BCUT2D eigenvalue weighted by Crippen LogP contribution is -1.98. The molecule has 0 atom stereocenters. The number of carbonyl (C=O) groups is 1. The van der Waals surface area contributed by atoms with Crippen LogP contribution < -0.4 is 0 Å². The summed E-state index contributed by atoms with van der Waals surface area (Å²) in [6.07, 6.45) is 4.16. The molecule has 0 rings (SSSR count). The molecule has 0 saturated carbocycles. The first-order valence-electron chi connectivity index (χ1n) is 5.01. The van der Waals surface area contributed by atoms with Crippen LogP contribution in [-0.4, -0.2) is 19.1 Å². The van der Waals surface area contributed by atoms with Gasteiger partial charge in [-0.05, 0) is 32.8 Å². The van der Waals surface area contributed by atoms with Crippen LogP contribution in [-0.2, 0) is 9.53 Å². The average Bonchev–Trinajstić information content (AvgIpc) is 2.23. The van der Waals surface area contributed by atoms with Crippen molar-refractivity contribution in [2.75, 3.05) is 7.11 Å². The fourth-order valence-electron chi connectivity index (χ4n) is 0.985. The molecular weight excluding hydrogens is 190 g/mol. The van der Waals surface area contributed by atoms with Crippen LogP contribution in [0.3, 0.4) is 0 Å². The number of carbonyl (C=O) groups excluding carboxylic acids is 1. The molecule has 84 valence electrons. The molecule has 0 aromatic rings. The first-order chi connectivity index (χ1) is 7.06. The highest BCUT2D eigenvalue weighted by Gasteiger charge is 2.01. The third kappa shape index (κ3) is 4.58. The zero-order chi connectivity index (χ0) is 11.8. The van der Waals surface area contributed by atoms with E-state index >= 15 is 0 Å². The monoisotopic (exact) mass is 209 g/mol. The van der Waals surface area contributed by atoms with Gasteiger partial charge in [0.1, 0.15) is 0 Å². The molecule has 0 aliphatic carbocycles. The highest BCUT2D eigenvalue weighted by Crippen LogP contribution is 2.09. The van der Waals surface area contributed by atoms with Gasteiger partial charge in [0.05, 0.1) is 7.11 Å². The molecule has 0 aliphatic rings. The van der Waals surface area contributed by atoms with E-state index < -0.39 is 0 Å². The normalized spacial score (nSPS) is 14.1. The van der Waals surface area contributed by atoms with Crippen molar-refractivity contribution in [2.45, 2.75) is 34.1 Å². The molecule has 0 heterocycles. The Hall–Kier alpha value is -1.38. The van der Waals surface area contributed by atoms with Crippen molar-refractivity contribution in [3.05, 3.63) is 23.1 Å². The topological polar surface area (TPSA) is 38.7 Å². The van der Waals surface area contributed by atoms with Crippen LogP contribution in [0.1, 0.15) is 34.1 Å². The van der Waals surface area contributed by atoms with Gasteiger partial charge in [-0.2, -0.15) is 0 Å². The van der Waals surface area contributed by atoms with Gasteiger partial charge in [-0.3, -0.25) is 4.79 Å². The van der Waals surface area contributed by atoms with Gasteiger partial charge in [0.15, 0.2) is 5.78 Å². The Kier molecular flexibility index (Phi) is 6.34. The summed E-state index contributed by atoms with van der Waals surface area (Å²) in [5.41, 5.74) is 1.65. The Bertz CT molecular complexity index is 312. The van der Waals surface area contributed by atoms with Crippen LogP contribution in [0.5, 0.6) is 0 Å². The molecule has 0 amide bonds. The predicted molar refractivity (Wildman–Crippen MR) is 62.9 cm³/mol. The van der Waals surface area contributed by atoms with Crippen molar-refractivity contribution >= 4 is 12.0 Å². The number of aliphatic imine (C=N–C) groups is 1. The molecule has 3 nitrogen and oxygen atoms in total. The van der Waals surface area contributed by atoms with E-state index in [0.29, 0.717) is 11.5 Å². The van der Waals surface area contributed by atoms with Gasteiger partial charge in [-0.1, -0.05) is 13.0 Å². The van der Waals surface area contributed by atoms with Crippen molar-refractivity contribution in [1.82, 2.24) is 0 Å². The Morgan fingerprint density at radius 1 is 1.40 bits per heavy atom. The van der Waals surface area contributed by atoms with Gasteiger partial charge >= 0.3 is 0 Å². The Balaban J connectivity index is 4.84. The van der Waals surface area contributed by atoms with Gasteiger partial charge in [-0.25, -0.2) is 4.99 Å². The number of rotatable bonds is 5. The van der Waals surface area contributed by atoms with Crippen LogP contribution in [0.4, 0.5) is 0 Å². The van der Waals surface area contributed by atoms with E-state index in [1.165, 1.54) is 6.92 Å². The molecule has 0 aromatic heterocycles. The maximum atomic E-state index is 11.1. The summed E-state index contributed by atoms with van der Waals surface area (Å²) in [6, 6.07) is 0. The number of methoxy groups -OCH3 is 1. The average molecular weight is 209 g/mol. The molecule has 0 fully saturated rings. The minimum absolute atomic E-state index is 0.00542. The van der Waals surface area contributed by atoms with E-state index in [2.05, 4.69) is 4.99 Å². The van der Waals surface area contributed by atoms with E-state index in [1.54, 1.807) is 19.4 Å². The zero-order valence-corrected chi connectivity index (χ0v) is 10.1. The molecule has 3 heteroatoms. The largest absolute Gasteiger partial charge is 0.481 e. The molecule has 0 spiro atoms. The molecule has 0 aromatic carbocycles. The summed E-state index contributed by atoms with van der Waals surface area (Å²) in [7, 11) is 1.58. The summed E-state index contributed by atoms with van der Waals surface area (Å²) in [4.78, 5) is 15.2. The number of allylic oxidation sites excluding steroid dienone is 3. The molecular formula is C12H19NO2. The summed E-state index contributed by atoms with van der Waals surface area (Å²) in [5, 5.41) is 0. The molecule has 0 aliphatic heterocycles. The minimum atomic E-state index is 0.00542. The number of ketones is 1. The predicted octanol–water partition coefficient (Wildman–Crippen LogP) is 2.88. The number of ether oxygens (including phenoxy) is 1. The van der Waals surface area contributed by atoms with Gasteiger partial charge in [0.25, 0.3) is 0 Å². The van der Waals surface area contributed by atoms with Crippen LogP contribution in [0.15, 0.2) is 28.1 Å². The summed E-state index contributed by atoms with van der Waals surface area (Å²) in [5.74, 6) is 0.587. The first-order valence-corrected chi connectivity index (χ1v) is 5.01. The maximum absolute atomic E-state index is 11.1. The maximum Gasteiger partial charge on any atom is 0.211 e. The Morgan fingerprint density at radius 2 is 2.00 bits per heavy atom. The van der Waals surface area contributed by atoms with E-state index in [0.717, 1.165) is 12.0 Å². The van der Waals surface area contributed by atoms with Gasteiger partial charge < -0.3 is 4.74 Å². The third-order valence-electron chi connectivity index (χ3n) is 2.13. The van der Waals surface area contributed by atoms with E-state index in [1.807, 2.05) is 20.8 Å². The molecule has 0 unspecified atom stereocenters.